The molecule has 1 heterocycles. The summed E-state index contributed by atoms with van der Waals surface area (Å²) in [5.74, 6) is 0. The van der Waals surface area contributed by atoms with E-state index < -0.39 is 0 Å². The van der Waals surface area contributed by atoms with Gasteiger partial charge in [0, 0.05) is 13.6 Å². The summed E-state index contributed by atoms with van der Waals surface area (Å²) >= 11 is 6.05. The minimum atomic E-state index is 0.542. The highest BCUT2D eigenvalue weighted by atomic mass is 35.5. The summed E-state index contributed by atoms with van der Waals surface area (Å²) in [6, 6.07) is 0. The highest BCUT2D eigenvalue weighted by Crippen LogP contribution is 2.21. The zero-order valence-electron chi connectivity index (χ0n) is 8.13. The second kappa shape index (κ2) is 3.94. The van der Waals surface area contributed by atoms with Crippen LogP contribution in [0.2, 0.25) is 5.02 Å². The summed E-state index contributed by atoms with van der Waals surface area (Å²) in [7, 11) is 1.87. The van der Waals surface area contributed by atoms with Gasteiger partial charge in [-0.05, 0) is 19.9 Å². The third-order valence-corrected chi connectivity index (χ3v) is 2.36. The van der Waals surface area contributed by atoms with Crippen molar-refractivity contribution in [3.63, 3.8) is 0 Å². The van der Waals surface area contributed by atoms with E-state index in [-0.39, 0.29) is 0 Å². The molecule has 1 aromatic rings. The fraction of sp³-hybridized carbons (Fsp3) is 0.444. The van der Waals surface area contributed by atoms with Gasteiger partial charge in [0.15, 0.2) is 0 Å². The van der Waals surface area contributed by atoms with Gasteiger partial charge >= 0.3 is 0 Å². The summed E-state index contributed by atoms with van der Waals surface area (Å²) in [5, 5.41) is 4.90. The van der Waals surface area contributed by atoms with E-state index in [1.807, 2.05) is 27.0 Å². The molecule has 0 unspecified atom stereocenters. The van der Waals surface area contributed by atoms with E-state index in [0.29, 0.717) is 11.6 Å². The molecule has 0 radical (unpaired) electrons. The van der Waals surface area contributed by atoms with Crippen LogP contribution < -0.4 is 5.73 Å². The van der Waals surface area contributed by atoms with Gasteiger partial charge in [-0.1, -0.05) is 17.2 Å². The predicted octanol–water partition coefficient (Wildman–Crippen LogP) is 1.74. The van der Waals surface area contributed by atoms with E-state index >= 15 is 0 Å². The van der Waals surface area contributed by atoms with Crippen LogP contribution in [-0.2, 0) is 7.05 Å². The SMILES string of the molecule is C/C(=C\c1c(Cl)c(C)nn1C)CN. The molecule has 3 nitrogen and oxygen atoms in total. The number of hydrogen-bond donors (Lipinski definition) is 1. The van der Waals surface area contributed by atoms with E-state index in [1.165, 1.54) is 0 Å². The molecule has 0 spiro atoms. The zero-order chi connectivity index (χ0) is 10.0. The normalized spacial score (nSPS) is 12.2. The molecular formula is C9H14ClN3. The molecular weight excluding hydrogens is 186 g/mol. The van der Waals surface area contributed by atoms with Crippen molar-refractivity contribution in [2.24, 2.45) is 12.8 Å². The van der Waals surface area contributed by atoms with E-state index in [4.69, 9.17) is 17.3 Å². The zero-order valence-corrected chi connectivity index (χ0v) is 8.89. The molecule has 1 rings (SSSR count). The maximum atomic E-state index is 6.05. The van der Waals surface area contributed by atoms with Gasteiger partial charge in [-0.2, -0.15) is 5.10 Å². The van der Waals surface area contributed by atoms with Crippen LogP contribution in [0.1, 0.15) is 18.3 Å². The van der Waals surface area contributed by atoms with Crippen molar-refractivity contribution >= 4 is 17.7 Å². The number of nitrogens with two attached hydrogens (primary N) is 1. The quantitative estimate of drug-likeness (QED) is 0.789. The molecule has 0 aliphatic heterocycles. The lowest BCUT2D eigenvalue weighted by Crippen LogP contribution is -2.01. The third kappa shape index (κ3) is 2.11. The van der Waals surface area contributed by atoms with Crippen molar-refractivity contribution in [1.82, 2.24) is 9.78 Å². The Balaban J connectivity index is 3.14. The number of aromatic nitrogens is 2. The maximum Gasteiger partial charge on any atom is 0.0888 e. The van der Waals surface area contributed by atoms with E-state index in [9.17, 15) is 0 Å². The molecule has 13 heavy (non-hydrogen) atoms. The Morgan fingerprint density at radius 1 is 1.69 bits per heavy atom. The van der Waals surface area contributed by atoms with Crippen LogP contribution in [-0.4, -0.2) is 16.3 Å². The lowest BCUT2D eigenvalue weighted by Gasteiger charge is -1.98. The van der Waals surface area contributed by atoms with Crippen LogP contribution >= 0.6 is 11.6 Å². The summed E-state index contributed by atoms with van der Waals surface area (Å²) in [6.45, 7) is 4.40. The van der Waals surface area contributed by atoms with Gasteiger partial charge in [0.2, 0.25) is 0 Å². The maximum absolute atomic E-state index is 6.05. The van der Waals surface area contributed by atoms with Crippen LogP contribution in [0.15, 0.2) is 5.57 Å². The molecule has 0 saturated heterocycles. The van der Waals surface area contributed by atoms with Crippen LogP contribution in [0.5, 0.6) is 0 Å². The average Bonchev–Trinajstić information content (AvgIpc) is 2.32. The lowest BCUT2D eigenvalue weighted by atomic mass is 10.2. The van der Waals surface area contributed by atoms with Crippen molar-refractivity contribution in [2.75, 3.05) is 6.54 Å². The fourth-order valence-electron chi connectivity index (χ4n) is 1.10. The number of aryl methyl sites for hydroxylation is 2. The van der Waals surface area contributed by atoms with Gasteiger partial charge in [0.1, 0.15) is 0 Å². The van der Waals surface area contributed by atoms with E-state index in [2.05, 4.69) is 5.10 Å². The predicted molar refractivity (Wildman–Crippen MR) is 55.7 cm³/mol. The summed E-state index contributed by atoms with van der Waals surface area (Å²) in [6.07, 6.45) is 1.96. The number of halogens is 1. The van der Waals surface area contributed by atoms with E-state index in [0.717, 1.165) is 17.0 Å². The lowest BCUT2D eigenvalue weighted by molar-refractivity contribution is 0.748. The first-order valence-electron chi connectivity index (χ1n) is 4.12. The number of rotatable bonds is 2. The summed E-state index contributed by atoms with van der Waals surface area (Å²) < 4.78 is 1.76. The standard InChI is InChI=1S/C9H14ClN3/c1-6(5-11)4-8-9(10)7(2)12-13(8)3/h4H,5,11H2,1-3H3/b6-4+. The van der Waals surface area contributed by atoms with E-state index in [1.54, 1.807) is 4.68 Å². The third-order valence-electron chi connectivity index (χ3n) is 1.90. The number of nitrogens with zero attached hydrogens (tertiary/aromatic N) is 2. The van der Waals surface area contributed by atoms with Crippen molar-refractivity contribution in [3.05, 3.63) is 22.0 Å². The summed E-state index contributed by atoms with van der Waals surface area (Å²) in [5.41, 5.74) is 8.34. The van der Waals surface area contributed by atoms with Crippen LogP contribution in [0.25, 0.3) is 6.08 Å². The Hall–Kier alpha value is -0.800. The largest absolute Gasteiger partial charge is 0.327 e. The molecule has 72 valence electrons. The van der Waals surface area contributed by atoms with Crippen LogP contribution in [0, 0.1) is 6.92 Å². The highest BCUT2D eigenvalue weighted by molar-refractivity contribution is 6.32. The minimum Gasteiger partial charge on any atom is -0.327 e. The molecule has 0 aliphatic rings. The smallest absolute Gasteiger partial charge is 0.0888 e. The Morgan fingerprint density at radius 3 is 2.69 bits per heavy atom. The minimum absolute atomic E-state index is 0.542. The molecule has 0 bridgehead atoms. The van der Waals surface area contributed by atoms with Gasteiger partial charge in [0.25, 0.3) is 0 Å². The van der Waals surface area contributed by atoms with Crippen molar-refractivity contribution in [2.45, 2.75) is 13.8 Å². The van der Waals surface area contributed by atoms with Crippen LogP contribution in [0.4, 0.5) is 0 Å². The Labute approximate surface area is 83.2 Å². The second-order valence-corrected chi connectivity index (χ2v) is 3.48. The van der Waals surface area contributed by atoms with Gasteiger partial charge in [-0.25, -0.2) is 0 Å². The molecule has 1 aromatic heterocycles. The summed E-state index contributed by atoms with van der Waals surface area (Å²) in [4.78, 5) is 0. The molecule has 0 fully saturated rings. The Kier molecular flexibility index (Phi) is 3.12. The van der Waals surface area contributed by atoms with Gasteiger partial charge < -0.3 is 5.73 Å². The molecule has 0 amide bonds. The van der Waals surface area contributed by atoms with Crippen molar-refractivity contribution < 1.29 is 0 Å². The molecule has 0 aromatic carbocycles. The molecule has 4 heteroatoms. The molecule has 0 saturated carbocycles. The first kappa shape index (κ1) is 10.3. The average molecular weight is 200 g/mol. The Bertz CT molecular complexity index is 339. The molecule has 0 aliphatic carbocycles. The Morgan fingerprint density at radius 2 is 2.31 bits per heavy atom. The van der Waals surface area contributed by atoms with Crippen LogP contribution in [0.3, 0.4) is 0 Å². The highest BCUT2D eigenvalue weighted by Gasteiger charge is 2.07. The first-order chi connectivity index (χ1) is 6.06. The molecule has 2 N–H and O–H groups in total. The topological polar surface area (TPSA) is 43.8 Å². The van der Waals surface area contributed by atoms with Gasteiger partial charge in [-0.3, -0.25) is 4.68 Å². The van der Waals surface area contributed by atoms with Crippen molar-refractivity contribution in [1.29, 1.82) is 0 Å². The fourth-order valence-corrected chi connectivity index (χ4v) is 1.31. The second-order valence-electron chi connectivity index (χ2n) is 3.10. The molecule has 0 atom stereocenters. The van der Waals surface area contributed by atoms with Crippen molar-refractivity contribution in [3.8, 4) is 0 Å². The monoisotopic (exact) mass is 199 g/mol. The van der Waals surface area contributed by atoms with Gasteiger partial charge in [0.05, 0.1) is 16.4 Å². The first-order valence-corrected chi connectivity index (χ1v) is 4.50. The number of hydrogen-bond acceptors (Lipinski definition) is 2. The van der Waals surface area contributed by atoms with Gasteiger partial charge in [-0.15, -0.1) is 0 Å².